The first-order valence-electron chi connectivity index (χ1n) is 8.46. The maximum Gasteiger partial charge on any atom is 0.339 e. The van der Waals surface area contributed by atoms with Gasteiger partial charge >= 0.3 is 5.97 Å². The molecular formula is C19H14Cl3N3O4S. The Morgan fingerprint density at radius 2 is 1.87 bits per heavy atom. The molecule has 7 nitrogen and oxygen atoms in total. The highest BCUT2D eigenvalue weighted by Crippen LogP contribution is 2.33. The van der Waals surface area contributed by atoms with Crippen LogP contribution in [0.3, 0.4) is 0 Å². The summed E-state index contributed by atoms with van der Waals surface area (Å²) in [6, 6.07) is 9.73. The van der Waals surface area contributed by atoms with Crippen LogP contribution < -0.4 is 5.32 Å². The van der Waals surface area contributed by atoms with Gasteiger partial charge in [0.05, 0.1) is 27.0 Å². The van der Waals surface area contributed by atoms with E-state index in [-0.39, 0.29) is 15.7 Å². The first-order valence-corrected chi connectivity index (χ1v) is 10.6. The van der Waals surface area contributed by atoms with Crippen molar-refractivity contribution in [3.63, 3.8) is 0 Å². The summed E-state index contributed by atoms with van der Waals surface area (Å²) in [4.78, 5) is 29.4. The summed E-state index contributed by atoms with van der Waals surface area (Å²) in [6.07, 6.45) is 0. The summed E-state index contributed by atoms with van der Waals surface area (Å²) in [5.41, 5.74) is 0.503. The number of rotatable bonds is 7. The molecular weight excluding hydrogens is 473 g/mol. The molecule has 156 valence electrons. The van der Waals surface area contributed by atoms with Crippen LogP contribution in [0.15, 0.2) is 45.8 Å². The Morgan fingerprint density at radius 1 is 1.17 bits per heavy atom. The normalized spacial score (nSPS) is 10.7. The molecule has 1 N–H and O–H groups in total. The molecule has 0 aliphatic carbocycles. The van der Waals surface area contributed by atoms with E-state index in [1.54, 1.807) is 31.2 Å². The van der Waals surface area contributed by atoms with Gasteiger partial charge in [-0.05, 0) is 31.2 Å². The quantitative estimate of drug-likeness (QED) is 0.352. The fourth-order valence-corrected chi connectivity index (χ4v) is 4.13. The molecule has 11 heteroatoms. The second-order valence-electron chi connectivity index (χ2n) is 5.89. The Balaban J connectivity index is 1.60. The minimum atomic E-state index is -0.650. The highest BCUT2D eigenvalue weighted by atomic mass is 35.5. The van der Waals surface area contributed by atoms with E-state index in [0.717, 1.165) is 0 Å². The number of benzene rings is 2. The maximum absolute atomic E-state index is 12.5. The minimum Gasteiger partial charge on any atom is -0.452 e. The lowest BCUT2D eigenvalue weighted by molar-refractivity contribution is -0.119. The number of esters is 1. The predicted octanol–water partition coefficient (Wildman–Crippen LogP) is 5.43. The van der Waals surface area contributed by atoms with Crippen molar-refractivity contribution in [1.82, 2.24) is 10.1 Å². The van der Waals surface area contributed by atoms with Gasteiger partial charge in [-0.25, -0.2) is 4.79 Å². The van der Waals surface area contributed by atoms with Gasteiger partial charge in [0, 0.05) is 9.92 Å². The van der Waals surface area contributed by atoms with Crippen LogP contribution in [0, 0.1) is 6.92 Å². The Kier molecular flexibility index (Phi) is 7.60. The zero-order chi connectivity index (χ0) is 21.7. The molecule has 0 saturated carbocycles. The van der Waals surface area contributed by atoms with Crippen LogP contribution in [-0.4, -0.2) is 28.6 Å². The van der Waals surface area contributed by atoms with Crippen LogP contribution in [0.2, 0.25) is 15.1 Å². The molecule has 3 rings (SSSR count). The first-order chi connectivity index (χ1) is 14.3. The van der Waals surface area contributed by atoms with Crippen LogP contribution in [0.4, 0.5) is 5.69 Å². The van der Waals surface area contributed by atoms with E-state index in [4.69, 9.17) is 44.1 Å². The van der Waals surface area contributed by atoms with Crippen LogP contribution in [0.1, 0.15) is 22.1 Å². The highest BCUT2D eigenvalue weighted by molar-refractivity contribution is 7.98. The molecule has 0 bridgehead atoms. The Morgan fingerprint density at radius 3 is 2.53 bits per heavy atom. The summed E-state index contributed by atoms with van der Waals surface area (Å²) < 4.78 is 10.2. The first kappa shape index (κ1) is 22.4. The second kappa shape index (κ2) is 10.2. The largest absolute Gasteiger partial charge is 0.452 e. The third-order valence-corrected chi connectivity index (χ3v) is 5.51. The molecule has 0 aliphatic rings. The van der Waals surface area contributed by atoms with Crippen molar-refractivity contribution in [1.29, 1.82) is 0 Å². The third kappa shape index (κ3) is 5.89. The molecule has 30 heavy (non-hydrogen) atoms. The lowest BCUT2D eigenvalue weighted by atomic mass is 10.2. The number of amides is 1. The smallest absolute Gasteiger partial charge is 0.339 e. The van der Waals surface area contributed by atoms with Gasteiger partial charge in [0.2, 0.25) is 5.89 Å². The van der Waals surface area contributed by atoms with Crippen molar-refractivity contribution in [2.45, 2.75) is 17.6 Å². The van der Waals surface area contributed by atoms with Gasteiger partial charge < -0.3 is 14.6 Å². The standard InChI is InChI=1S/C19H14Cl3N3O4S/c1-10-23-17(29-25-10)9-30-15-5-3-2-4-12(15)19(27)28-8-16(26)24-18-13(21)6-11(20)7-14(18)22/h2-7H,8-9H2,1H3,(H,24,26). The van der Waals surface area contributed by atoms with Gasteiger partial charge in [-0.15, -0.1) is 11.8 Å². The zero-order valence-corrected chi connectivity index (χ0v) is 18.5. The van der Waals surface area contributed by atoms with E-state index in [1.165, 1.54) is 23.9 Å². The van der Waals surface area contributed by atoms with Gasteiger partial charge in [-0.3, -0.25) is 4.79 Å². The van der Waals surface area contributed by atoms with Crippen molar-refractivity contribution < 1.29 is 18.8 Å². The van der Waals surface area contributed by atoms with E-state index >= 15 is 0 Å². The van der Waals surface area contributed by atoms with Crippen molar-refractivity contribution in [2.24, 2.45) is 0 Å². The number of hydrogen-bond donors (Lipinski definition) is 1. The van der Waals surface area contributed by atoms with Crippen molar-refractivity contribution in [3.8, 4) is 0 Å². The molecule has 0 fully saturated rings. The topological polar surface area (TPSA) is 94.3 Å². The number of nitrogens with zero attached hydrogens (tertiary/aromatic N) is 2. The van der Waals surface area contributed by atoms with Crippen LogP contribution in [-0.2, 0) is 15.3 Å². The third-order valence-electron chi connectivity index (χ3n) is 3.63. The second-order valence-corrected chi connectivity index (χ2v) is 8.16. The number of carbonyl (C=O) groups is 2. The Labute approximate surface area is 191 Å². The molecule has 3 aromatic rings. The van der Waals surface area contributed by atoms with Crippen LogP contribution in [0.5, 0.6) is 0 Å². The molecule has 1 amide bonds. The summed E-state index contributed by atoms with van der Waals surface area (Å²) in [5.74, 6) is 0.116. The number of aromatic nitrogens is 2. The van der Waals surface area contributed by atoms with Gasteiger partial charge in [0.1, 0.15) is 0 Å². The maximum atomic E-state index is 12.5. The summed E-state index contributed by atoms with van der Waals surface area (Å²) >= 11 is 19.3. The molecule has 0 radical (unpaired) electrons. The molecule has 0 aliphatic heterocycles. The predicted molar refractivity (Wildman–Crippen MR) is 115 cm³/mol. The number of hydrogen-bond acceptors (Lipinski definition) is 7. The van der Waals surface area contributed by atoms with Gasteiger partial charge in [-0.2, -0.15) is 4.98 Å². The number of aryl methyl sites for hydroxylation is 1. The Hall–Kier alpha value is -2.26. The average molecular weight is 487 g/mol. The number of thioether (sulfide) groups is 1. The fraction of sp³-hybridized carbons (Fsp3) is 0.158. The lowest BCUT2D eigenvalue weighted by Crippen LogP contribution is -2.21. The zero-order valence-electron chi connectivity index (χ0n) is 15.4. The number of carbonyl (C=O) groups excluding carboxylic acids is 2. The number of ether oxygens (including phenoxy) is 1. The number of anilines is 1. The monoisotopic (exact) mass is 485 g/mol. The van der Waals surface area contributed by atoms with E-state index in [2.05, 4.69) is 15.5 Å². The SMILES string of the molecule is Cc1noc(CSc2ccccc2C(=O)OCC(=O)Nc2c(Cl)cc(Cl)cc2Cl)n1. The lowest BCUT2D eigenvalue weighted by Gasteiger charge is -2.11. The van der Waals surface area contributed by atoms with E-state index in [1.807, 2.05) is 0 Å². The van der Waals surface area contributed by atoms with Gasteiger partial charge in [0.25, 0.3) is 5.91 Å². The molecule has 1 aromatic heterocycles. The molecule has 0 unspecified atom stereocenters. The average Bonchev–Trinajstić information content (AvgIpc) is 3.12. The number of nitrogens with one attached hydrogen (secondary N) is 1. The molecule has 0 atom stereocenters. The molecule has 0 spiro atoms. The Bertz CT molecular complexity index is 1070. The molecule has 1 heterocycles. The van der Waals surface area contributed by atoms with E-state index in [0.29, 0.717) is 32.9 Å². The van der Waals surface area contributed by atoms with E-state index < -0.39 is 18.5 Å². The van der Waals surface area contributed by atoms with Crippen LogP contribution >= 0.6 is 46.6 Å². The molecule has 0 saturated heterocycles. The van der Waals surface area contributed by atoms with Crippen molar-refractivity contribution >= 4 is 64.1 Å². The van der Waals surface area contributed by atoms with E-state index in [9.17, 15) is 9.59 Å². The summed E-state index contributed by atoms with van der Waals surface area (Å²) in [5, 5.41) is 6.91. The number of halogens is 3. The van der Waals surface area contributed by atoms with Crippen molar-refractivity contribution in [3.05, 3.63) is 68.7 Å². The molecule has 2 aromatic carbocycles. The highest BCUT2D eigenvalue weighted by Gasteiger charge is 2.17. The van der Waals surface area contributed by atoms with Crippen molar-refractivity contribution in [2.75, 3.05) is 11.9 Å². The fourth-order valence-electron chi connectivity index (χ4n) is 2.35. The van der Waals surface area contributed by atoms with Gasteiger partial charge in [0.15, 0.2) is 12.4 Å². The summed E-state index contributed by atoms with van der Waals surface area (Å²) in [6.45, 7) is 1.20. The van der Waals surface area contributed by atoms with Crippen LogP contribution in [0.25, 0.3) is 0 Å². The summed E-state index contributed by atoms with van der Waals surface area (Å²) in [7, 11) is 0. The minimum absolute atomic E-state index is 0.171. The van der Waals surface area contributed by atoms with Gasteiger partial charge in [-0.1, -0.05) is 52.1 Å².